The van der Waals surface area contributed by atoms with Crippen LogP contribution in [0.4, 0.5) is 0 Å². The largest absolute Gasteiger partial charge is 0.490 e. The average Bonchev–Trinajstić information content (AvgIpc) is 1.74. The number of amides is 3. The van der Waals surface area contributed by atoms with Crippen LogP contribution in [0.1, 0.15) is 160 Å². The summed E-state index contributed by atoms with van der Waals surface area (Å²) < 4.78 is 34.5. The van der Waals surface area contributed by atoms with E-state index in [0.717, 1.165) is 93.4 Å². The Morgan fingerprint density at radius 1 is 0.410 bits per heavy atom. The van der Waals surface area contributed by atoms with Gasteiger partial charge in [-0.1, -0.05) is 96.6 Å². The summed E-state index contributed by atoms with van der Waals surface area (Å²) in [5.74, 6) is 1.96. The molecule has 3 aromatic heterocycles. The molecule has 0 fully saturated rings. The lowest BCUT2D eigenvalue weighted by Gasteiger charge is -2.28. The van der Waals surface area contributed by atoms with Gasteiger partial charge in [-0.25, -0.2) is 0 Å². The lowest BCUT2D eigenvalue weighted by atomic mass is 10.1. The molecule has 0 radical (unpaired) electrons. The molecule has 18 heteroatoms. The number of carboxylic acid groups (broad SMARTS) is 3. The Labute approximate surface area is 586 Å². The molecule has 3 N–H and O–H groups in total. The zero-order chi connectivity index (χ0) is 71.9. The Kier molecular flexibility index (Phi) is 30.2. The summed E-state index contributed by atoms with van der Waals surface area (Å²) in [6.07, 6.45) is 12.1. The second kappa shape index (κ2) is 39.5. The van der Waals surface area contributed by atoms with E-state index in [1.54, 1.807) is 42.9 Å². The highest BCUT2D eigenvalue weighted by molar-refractivity contribution is 5.96. The van der Waals surface area contributed by atoms with Gasteiger partial charge in [0.1, 0.15) is 41.1 Å². The SMILES string of the molecule is C/C(=C\COc1ccccc1CN(C(=O)c1ccc(-c2ccco2)cc1)C(C)C)CCC(=O)O.CC(CCCCC(=O)O)Oc1ccccc1CN(C(=O)c1ccc(-c2ccco2)cc1)C(C)C.CC(CCCCC(=O)O)Oc1ccccc1CN(C)C(=O)c1ccc(-c2ccco2)cc1. The van der Waals surface area contributed by atoms with Crippen LogP contribution in [-0.2, 0) is 34.0 Å². The molecule has 0 saturated heterocycles. The van der Waals surface area contributed by atoms with Crippen molar-refractivity contribution in [2.75, 3.05) is 13.7 Å². The van der Waals surface area contributed by atoms with E-state index < -0.39 is 17.9 Å². The number of carboxylic acids is 3. The highest BCUT2D eigenvalue weighted by atomic mass is 16.5. The lowest BCUT2D eigenvalue weighted by molar-refractivity contribution is -0.138. The van der Waals surface area contributed by atoms with Crippen molar-refractivity contribution < 1.29 is 71.5 Å². The minimum absolute atomic E-state index is 0.00116. The molecule has 3 amide bonds. The summed E-state index contributed by atoms with van der Waals surface area (Å²) >= 11 is 0. The minimum Gasteiger partial charge on any atom is -0.490 e. The zero-order valence-electron chi connectivity index (χ0n) is 58.4. The van der Waals surface area contributed by atoms with Gasteiger partial charge in [0.15, 0.2) is 0 Å². The van der Waals surface area contributed by atoms with Crippen molar-refractivity contribution in [1.29, 1.82) is 0 Å². The van der Waals surface area contributed by atoms with Crippen molar-refractivity contribution in [1.82, 2.24) is 14.7 Å². The molecule has 0 aliphatic rings. The Balaban J connectivity index is 0.000000211. The van der Waals surface area contributed by atoms with E-state index >= 15 is 0 Å². The number of para-hydroxylation sites is 3. The Bertz CT molecular complexity index is 4010. The Morgan fingerprint density at radius 3 is 1.12 bits per heavy atom. The van der Waals surface area contributed by atoms with Crippen LogP contribution in [0.25, 0.3) is 34.0 Å². The van der Waals surface area contributed by atoms with E-state index in [2.05, 4.69) is 0 Å². The van der Waals surface area contributed by atoms with Gasteiger partial charge in [0, 0.05) is 108 Å². The molecule has 0 saturated carbocycles. The number of nitrogens with zero attached hydrogens (tertiary/aromatic N) is 3. The first-order valence-corrected chi connectivity index (χ1v) is 33.9. The van der Waals surface area contributed by atoms with Crippen LogP contribution in [0.2, 0.25) is 0 Å². The molecular weight excluding hydrogens is 1270 g/mol. The summed E-state index contributed by atoms with van der Waals surface area (Å²) in [7, 11) is 1.77. The second-order valence-electron chi connectivity index (χ2n) is 25.1. The Morgan fingerprint density at radius 2 is 0.760 bits per heavy atom. The van der Waals surface area contributed by atoms with Gasteiger partial charge in [0.25, 0.3) is 17.7 Å². The first-order valence-electron chi connectivity index (χ1n) is 33.9. The number of carbonyl (C=O) groups is 6. The van der Waals surface area contributed by atoms with Crippen molar-refractivity contribution in [3.05, 3.63) is 246 Å². The maximum Gasteiger partial charge on any atom is 0.303 e. The van der Waals surface area contributed by atoms with Crippen LogP contribution in [0, 0.1) is 0 Å². The number of rotatable bonds is 34. The molecule has 0 bridgehead atoms. The number of ether oxygens (including phenoxy) is 3. The van der Waals surface area contributed by atoms with Crippen LogP contribution >= 0.6 is 0 Å². The van der Waals surface area contributed by atoms with Crippen molar-refractivity contribution in [2.24, 2.45) is 0 Å². The van der Waals surface area contributed by atoms with E-state index in [1.807, 2.05) is 234 Å². The first-order chi connectivity index (χ1) is 48.1. The van der Waals surface area contributed by atoms with Crippen LogP contribution in [0.5, 0.6) is 17.2 Å². The fraction of sp³-hybridized carbons (Fsp3) is 0.317. The van der Waals surface area contributed by atoms with Crippen LogP contribution in [0.15, 0.2) is 226 Å². The summed E-state index contributed by atoms with van der Waals surface area (Å²) in [6, 6.07) is 56.5. The first kappa shape index (κ1) is 76.5. The van der Waals surface area contributed by atoms with Crippen molar-refractivity contribution >= 4 is 35.6 Å². The van der Waals surface area contributed by atoms with Gasteiger partial charge in [-0.05, 0) is 190 Å². The number of hydrogen-bond acceptors (Lipinski definition) is 12. The summed E-state index contributed by atoms with van der Waals surface area (Å²) in [6.45, 7) is 15.5. The van der Waals surface area contributed by atoms with Crippen molar-refractivity contribution in [3.63, 3.8) is 0 Å². The molecule has 3 heterocycles. The number of carbonyl (C=O) groups excluding carboxylic acids is 3. The van der Waals surface area contributed by atoms with Crippen LogP contribution in [-0.4, -0.2) is 104 Å². The highest BCUT2D eigenvalue weighted by Gasteiger charge is 2.24. The lowest BCUT2D eigenvalue weighted by Crippen LogP contribution is -2.36. The summed E-state index contributed by atoms with van der Waals surface area (Å²) in [5, 5.41) is 26.4. The van der Waals surface area contributed by atoms with E-state index in [9.17, 15) is 28.8 Å². The topological polar surface area (TPSA) is 240 Å². The number of furan rings is 3. The second-order valence-corrected chi connectivity index (χ2v) is 25.1. The molecule has 18 nitrogen and oxygen atoms in total. The standard InChI is InChI=1S/C28H33NO5.C28H31NO5.C26H29NO5/c1-20(2)29(28(32)23-16-14-22(15-17-23)25-12-8-18-33-25)19-24-10-5-6-11-26(24)34-21(3)9-4-7-13-27(30)31;1-20(2)29(28(32)23-13-11-22(12-14-23)25-9-6-17-33-25)19-24-7-4-5-8-26(24)34-18-16-21(3)10-15-27(30)31;1-19(8-3-6-12-25(28)29)32-24-10-5-4-9-22(24)18-27(2)26(30)21-15-13-20(14-16-21)23-11-7-17-31-23/h5-6,8,10-12,14-18,20-21H,4,7,9,13,19H2,1-3H3,(H,30,31);4-9,11-14,16-17,20H,10,15,18-19H2,1-3H3,(H,30,31);4-5,7,9-11,13-17,19H,3,6,8,12,18H2,1-2H3,(H,28,29)/b;21-16+;. The molecule has 526 valence electrons. The highest BCUT2D eigenvalue weighted by Crippen LogP contribution is 2.30. The fourth-order valence-electron chi connectivity index (χ4n) is 10.8. The van der Waals surface area contributed by atoms with Gasteiger partial charge < -0.3 is 57.5 Å². The maximum atomic E-state index is 13.4. The smallest absolute Gasteiger partial charge is 0.303 e. The molecule has 2 unspecified atom stereocenters. The zero-order valence-corrected chi connectivity index (χ0v) is 58.4. The average molecular weight is 1360 g/mol. The molecule has 0 aliphatic carbocycles. The van der Waals surface area contributed by atoms with Gasteiger partial charge in [0.2, 0.25) is 0 Å². The third-order valence-corrected chi connectivity index (χ3v) is 16.5. The monoisotopic (exact) mass is 1360 g/mol. The minimum atomic E-state index is -0.812. The number of aliphatic carboxylic acids is 3. The molecule has 9 rings (SSSR count). The van der Waals surface area contributed by atoms with E-state index in [4.69, 9.17) is 42.8 Å². The predicted octanol–water partition coefficient (Wildman–Crippen LogP) is 18.2. The van der Waals surface area contributed by atoms with Gasteiger partial charge >= 0.3 is 17.9 Å². The fourth-order valence-corrected chi connectivity index (χ4v) is 10.8. The molecule has 0 aliphatic heterocycles. The summed E-state index contributed by atoms with van der Waals surface area (Å²) in [5.41, 5.74) is 8.34. The van der Waals surface area contributed by atoms with E-state index in [0.29, 0.717) is 67.9 Å². The molecule has 2 atom stereocenters. The third-order valence-electron chi connectivity index (χ3n) is 16.5. The predicted molar refractivity (Wildman–Crippen MR) is 386 cm³/mol. The molecule has 0 spiro atoms. The number of hydrogen-bond donors (Lipinski definition) is 3. The summed E-state index contributed by atoms with van der Waals surface area (Å²) in [4.78, 5) is 77.0. The normalized spacial score (nSPS) is 11.7. The number of unbranched alkanes of at least 4 members (excludes halogenated alkanes) is 2. The van der Waals surface area contributed by atoms with Gasteiger partial charge in [-0.15, -0.1) is 0 Å². The van der Waals surface area contributed by atoms with Gasteiger partial charge in [-0.3, -0.25) is 28.8 Å². The van der Waals surface area contributed by atoms with Crippen molar-refractivity contribution in [3.8, 4) is 51.2 Å². The van der Waals surface area contributed by atoms with Crippen LogP contribution < -0.4 is 14.2 Å². The number of benzene rings is 6. The molecular formula is C82H93N3O15. The molecule has 6 aromatic carbocycles. The van der Waals surface area contributed by atoms with Gasteiger partial charge in [-0.2, -0.15) is 0 Å². The van der Waals surface area contributed by atoms with Gasteiger partial charge in [0.05, 0.1) is 31.0 Å². The quantitative estimate of drug-likeness (QED) is 0.0251. The van der Waals surface area contributed by atoms with Crippen LogP contribution in [0.3, 0.4) is 0 Å². The third kappa shape index (κ3) is 24.6. The van der Waals surface area contributed by atoms with E-state index in [1.165, 1.54) is 0 Å². The Hall–Kier alpha value is -10.9. The van der Waals surface area contributed by atoms with E-state index in [-0.39, 0.29) is 61.3 Å². The molecule has 9 aromatic rings. The number of allylic oxidation sites excluding steroid dienone is 1. The molecule has 100 heavy (non-hydrogen) atoms. The maximum absolute atomic E-state index is 13.4. The van der Waals surface area contributed by atoms with Crippen molar-refractivity contribution in [2.45, 2.75) is 157 Å².